The number of nitrogens with zero attached hydrogens (tertiary/aromatic N) is 4. The van der Waals surface area contributed by atoms with E-state index in [1.165, 1.54) is 10.9 Å². The summed E-state index contributed by atoms with van der Waals surface area (Å²) in [6.07, 6.45) is 4.84. The first kappa shape index (κ1) is 7.24. The quantitative estimate of drug-likeness (QED) is 0.665. The zero-order chi connectivity index (χ0) is 8.39. The molecule has 0 N–H and O–H groups in total. The van der Waals surface area contributed by atoms with Crippen LogP contribution in [0.5, 0.6) is 0 Å². The molecule has 5 heteroatoms. The Morgan fingerprint density at radius 2 is 2.00 bits per heavy atom. The van der Waals surface area contributed by atoms with Crippen LogP contribution in [0.3, 0.4) is 0 Å². The van der Waals surface area contributed by atoms with Crippen LogP contribution < -0.4 is 0 Å². The van der Waals surface area contributed by atoms with Crippen LogP contribution in [0, 0.1) is 0 Å². The van der Waals surface area contributed by atoms with Gasteiger partial charge in [0.25, 0.3) is 0 Å². The topological polar surface area (TPSA) is 43.6 Å². The van der Waals surface area contributed by atoms with Crippen LogP contribution in [0.25, 0.3) is 5.69 Å². The Labute approximate surface area is 73.8 Å². The summed E-state index contributed by atoms with van der Waals surface area (Å²) in [5.41, 5.74) is 0.854. The van der Waals surface area contributed by atoms with Gasteiger partial charge < -0.3 is 0 Å². The maximum absolute atomic E-state index is 5.79. The lowest BCUT2D eigenvalue weighted by molar-refractivity contribution is 0.802. The molecule has 2 rings (SSSR count). The first-order valence-corrected chi connectivity index (χ1v) is 3.72. The Hall–Kier alpha value is -1.42. The highest BCUT2D eigenvalue weighted by Crippen LogP contribution is 2.11. The van der Waals surface area contributed by atoms with E-state index in [1.54, 1.807) is 24.5 Å². The van der Waals surface area contributed by atoms with Crippen LogP contribution in [0.1, 0.15) is 0 Å². The van der Waals surface area contributed by atoms with Gasteiger partial charge in [-0.25, -0.2) is 4.68 Å². The lowest BCUT2D eigenvalue weighted by Crippen LogP contribution is -1.96. The molecule has 0 saturated carbocycles. The molecule has 0 radical (unpaired) electrons. The van der Waals surface area contributed by atoms with E-state index in [-0.39, 0.29) is 0 Å². The Morgan fingerprint density at radius 3 is 2.58 bits per heavy atom. The predicted molar refractivity (Wildman–Crippen MR) is 44.2 cm³/mol. The molecule has 2 heterocycles. The molecular weight excluding hydrogens is 176 g/mol. The molecule has 0 aliphatic rings. The van der Waals surface area contributed by atoms with Crippen LogP contribution in [-0.4, -0.2) is 20.0 Å². The van der Waals surface area contributed by atoms with Gasteiger partial charge in [-0.15, -0.1) is 5.10 Å². The summed E-state index contributed by atoms with van der Waals surface area (Å²) in [7, 11) is 0. The molecule has 0 amide bonds. The summed E-state index contributed by atoms with van der Waals surface area (Å²) in [6, 6.07) is 3.61. The minimum Gasteiger partial charge on any atom is -0.265 e. The highest BCUT2D eigenvalue weighted by molar-refractivity contribution is 6.29. The maximum Gasteiger partial charge on any atom is 0.153 e. The number of halogens is 1. The Morgan fingerprint density at radius 1 is 1.25 bits per heavy atom. The van der Waals surface area contributed by atoms with Crippen molar-refractivity contribution < 1.29 is 0 Å². The van der Waals surface area contributed by atoms with E-state index >= 15 is 0 Å². The molecule has 4 nitrogen and oxygen atoms in total. The van der Waals surface area contributed by atoms with Crippen LogP contribution in [0.2, 0.25) is 5.15 Å². The van der Waals surface area contributed by atoms with E-state index in [0.717, 1.165) is 5.69 Å². The Balaban J connectivity index is 2.51. The Kier molecular flexibility index (Phi) is 1.75. The molecule has 0 unspecified atom stereocenters. The van der Waals surface area contributed by atoms with Gasteiger partial charge in [-0.2, -0.15) is 0 Å². The molecule has 0 aliphatic carbocycles. The molecule has 0 fully saturated rings. The molecule has 2 aromatic heterocycles. The molecular formula is C7H5ClN4. The summed E-state index contributed by atoms with van der Waals surface area (Å²) in [5, 5.41) is 7.94. The standard InChI is InChI=1S/C7H5ClN4/c8-7-5-10-11-12(7)6-1-3-9-4-2-6/h1-5H. The van der Waals surface area contributed by atoms with Gasteiger partial charge >= 0.3 is 0 Å². The SMILES string of the molecule is Clc1cnnn1-c1ccncc1. The summed E-state index contributed by atoms with van der Waals surface area (Å²) in [5.74, 6) is 0. The maximum atomic E-state index is 5.79. The minimum absolute atomic E-state index is 0.487. The normalized spacial score (nSPS) is 10.1. The molecule has 2 aromatic rings. The van der Waals surface area contributed by atoms with Crippen LogP contribution >= 0.6 is 11.6 Å². The van der Waals surface area contributed by atoms with Gasteiger partial charge in [0.1, 0.15) is 0 Å². The van der Waals surface area contributed by atoms with Gasteiger partial charge in [0.05, 0.1) is 11.9 Å². The smallest absolute Gasteiger partial charge is 0.153 e. The van der Waals surface area contributed by atoms with Gasteiger partial charge in [-0.1, -0.05) is 16.8 Å². The van der Waals surface area contributed by atoms with Gasteiger partial charge in [0.15, 0.2) is 5.15 Å². The largest absolute Gasteiger partial charge is 0.265 e. The summed E-state index contributed by atoms with van der Waals surface area (Å²) < 4.78 is 1.53. The second kappa shape index (κ2) is 2.91. The van der Waals surface area contributed by atoms with E-state index in [0.29, 0.717) is 5.15 Å². The van der Waals surface area contributed by atoms with Crippen molar-refractivity contribution in [2.45, 2.75) is 0 Å². The first-order valence-electron chi connectivity index (χ1n) is 3.34. The minimum atomic E-state index is 0.487. The molecule has 0 saturated heterocycles. The predicted octanol–water partition coefficient (Wildman–Crippen LogP) is 1.32. The fraction of sp³-hybridized carbons (Fsp3) is 0. The number of rotatable bonds is 1. The van der Waals surface area contributed by atoms with Crippen molar-refractivity contribution in [1.82, 2.24) is 20.0 Å². The van der Waals surface area contributed by atoms with E-state index in [9.17, 15) is 0 Å². The van der Waals surface area contributed by atoms with Gasteiger partial charge in [0.2, 0.25) is 0 Å². The third-order valence-electron chi connectivity index (χ3n) is 1.41. The van der Waals surface area contributed by atoms with Crippen molar-refractivity contribution >= 4 is 11.6 Å². The van der Waals surface area contributed by atoms with E-state index in [4.69, 9.17) is 11.6 Å². The second-order valence-corrected chi connectivity index (χ2v) is 2.56. The summed E-state index contributed by atoms with van der Waals surface area (Å²) >= 11 is 5.79. The molecule has 0 aliphatic heterocycles. The first-order chi connectivity index (χ1) is 5.88. The molecule has 0 atom stereocenters. The zero-order valence-corrected chi connectivity index (χ0v) is 6.81. The van der Waals surface area contributed by atoms with Gasteiger partial charge in [-0.3, -0.25) is 4.98 Å². The highest BCUT2D eigenvalue weighted by atomic mass is 35.5. The number of hydrogen-bond acceptors (Lipinski definition) is 3. The lowest BCUT2D eigenvalue weighted by atomic mass is 10.4. The van der Waals surface area contributed by atoms with Crippen LogP contribution in [-0.2, 0) is 0 Å². The molecule has 0 spiro atoms. The second-order valence-electron chi connectivity index (χ2n) is 2.17. The average molecular weight is 181 g/mol. The molecule has 0 bridgehead atoms. The highest BCUT2D eigenvalue weighted by Gasteiger charge is 2.01. The zero-order valence-electron chi connectivity index (χ0n) is 6.05. The molecule has 12 heavy (non-hydrogen) atoms. The number of aromatic nitrogens is 4. The average Bonchev–Trinajstić information content (AvgIpc) is 2.53. The third-order valence-corrected chi connectivity index (χ3v) is 1.67. The third kappa shape index (κ3) is 1.16. The molecule has 60 valence electrons. The fourth-order valence-electron chi connectivity index (χ4n) is 0.883. The van der Waals surface area contributed by atoms with Crippen molar-refractivity contribution in [3.05, 3.63) is 35.9 Å². The van der Waals surface area contributed by atoms with Gasteiger partial charge in [-0.05, 0) is 12.1 Å². The van der Waals surface area contributed by atoms with Crippen molar-refractivity contribution in [3.8, 4) is 5.69 Å². The lowest BCUT2D eigenvalue weighted by Gasteiger charge is -1.98. The number of pyridine rings is 1. The molecule has 0 aromatic carbocycles. The monoisotopic (exact) mass is 180 g/mol. The van der Waals surface area contributed by atoms with Gasteiger partial charge in [0, 0.05) is 12.4 Å². The van der Waals surface area contributed by atoms with E-state index in [2.05, 4.69) is 15.3 Å². The van der Waals surface area contributed by atoms with Crippen LogP contribution in [0.4, 0.5) is 0 Å². The van der Waals surface area contributed by atoms with Crippen molar-refractivity contribution in [2.24, 2.45) is 0 Å². The van der Waals surface area contributed by atoms with Crippen molar-refractivity contribution in [2.75, 3.05) is 0 Å². The van der Waals surface area contributed by atoms with Crippen LogP contribution in [0.15, 0.2) is 30.7 Å². The van der Waals surface area contributed by atoms with E-state index < -0.39 is 0 Å². The summed E-state index contributed by atoms with van der Waals surface area (Å²) in [6.45, 7) is 0. The van der Waals surface area contributed by atoms with E-state index in [1.807, 2.05) is 0 Å². The van der Waals surface area contributed by atoms with Crippen molar-refractivity contribution in [3.63, 3.8) is 0 Å². The Bertz CT molecular complexity index is 370. The van der Waals surface area contributed by atoms with Crippen molar-refractivity contribution in [1.29, 1.82) is 0 Å². The fourth-order valence-corrected chi connectivity index (χ4v) is 1.06. The number of hydrogen-bond donors (Lipinski definition) is 0. The summed E-state index contributed by atoms with van der Waals surface area (Å²) in [4.78, 5) is 3.88.